The molecule has 0 atom stereocenters. The van der Waals surface area contributed by atoms with Gasteiger partial charge in [0.15, 0.2) is 5.96 Å². The van der Waals surface area contributed by atoms with E-state index in [9.17, 15) is 0 Å². The van der Waals surface area contributed by atoms with Crippen molar-refractivity contribution in [2.24, 2.45) is 10.9 Å². The fraction of sp³-hybridized carbons (Fsp3) is 0.588. The minimum absolute atomic E-state index is 0.682. The molecular formula is C17H27N3O. The van der Waals surface area contributed by atoms with E-state index in [1.54, 1.807) is 7.11 Å². The average Bonchev–Trinajstić information content (AvgIpc) is 3.33. The van der Waals surface area contributed by atoms with Crippen LogP contribution in [0.25, 0.3) is 0 Å². The summed E-state index contributed by atoms with van der Waals surface area (Å²) in [5, 5.41) is 6.70. The SMILES string of the molecule is CCNC(=NCc1ccc(OC)cc1)NCCCC1CC1. The monoisotopic (exact) mass is 289 g/mol. The van der Waals surface area contributed by atoms with E-state index in [0.29, 0.717) is 6.54 Å². The molecule has 1 aromatic carbocycles. The molecule has 0 aliphatic heterocycles. The van der Waals surface area contributed by atoms with Crippen LogP contribution in [0, 0.1) is 5.92 Å². The minimum atomic E-state index is 0.682. The van der Waals surface area contributed by atoms with E-state index in [1.807, 2.05) is 12.1 Å². The van der Waals surface area contributed by atoms with Crippen LogP contribution in [-0.2, 0) is 6.54 Å². The smallest absolute Gasteiger partial charge is 0.191 e. The fourth-order valence-electron chi connectivity index (χ4n) is 2.25. The average molecular weight is 289 g/mol. The topological polar surface area (TPSA) is 45.7 Å². The third kappa shape index (κ3) is 6.06. The predicted octanol–water partition coefficient (Wildman–Crippen LogP) is 2.94. The lowest BCUT2D eigenvalue weighted by atomic mass is 10.2. The summed E-state index contributed by atoms with van der Waals surface area (Å²) >= 11 is 0. The summed E-state index contributed by atoms with van der Waals surface area (Å²) < 4.78 is 5.16. The molecule has 0 radical (unpaired) electrons. The Labute approximate surface area is 128 Å². The van der Waals surface area contributed by atoms with Crippen LogP contribution in [0.3, 0.4) is 0 Å². The molecule has 4 heteroatoms. The molecule has 1 aliphatic carbocycles. The summed E-state index contributed by atoms with van der Waals surface area (Å²) in [6.45, 7) is 4.67. The highest BCUT2D eigenvalue weighted by atomic mass is 16.5. The van der Waals surface area contributed by atoms with Gasteiger partial charge in [0.25, 0.3) is 0 Å². The van der Waals surface area contributed by atoms with E-state index in [4.69, 9.17) is 4.74 Å². The molecule has 116 valence electrons. The molecule has 0 bridgehead atoms. The Morgan fingerprint density at radius 2 is 2.00 bits per heavy atom. The quantitative estimate of drug-likeness (QED) is 0.439. The van der Waals surface area contributed by atoms with Crippen LogP contribution in [-0.4, -0.2) is 26.2 Å². The Morgan fingerprint density at radius 3 is 2.62 bits per heavy atom. The molecule has 0 amide bonds. The number of nitrogens with zero attached hydrogens (tertiary/aromatic N) is 1. The van der Waals surface area contributed by atoms with Gasteiger partial charge in [0.05, 0.1) is 13.7 Å². The number of ether oxygens (including phenoxy) is 1. The van der Waals surface area contributed by atoms with Crippen LogP contribution in [0.5, 0.6) is 5.75 Å². The summed E-state index contributed by atoms with van der Waals surface area (Å²) in [6, 6.07) is 8.06. The van der Waals surface area contributed by atoms with Crippen molar-refractivity contribution in [3.8, 4) is 5.75 Å². The van der Waals surface area contributed by atoms with Gasteiger partial charge in [0.1, 0.15) is 5.75 Å². The standard InChI is InChI=1S/C17H27N3O/c1-3-18-17(19-12-4-5-14-6-7-14)20-13-15-8-10-16(21-2)11-9-15/h8-11,14H,3-7,12-13H2,1-2H3,(H2,18,19,20). The number of hydrogen-bond acceptors (Lipinski definition) is 2. The van der Waals surface area contributed by atoms with Gasteiger partial charge in [-0.3, -0.25) is 0 Å². The summed E-state index contributed by atoms with van der Waals surface area (Å²) in [4.78, 5) is 4.63. The molecule has 2 N–H and O–H groups in total. The number of methoxy groups -OCH3 is 1. The highest BCUT2D eigenvalue weighted by Gasteiger charge is 2.19. The summed E-state index contributed by atoms with van der Waals surface area (Å²) in [7, 11) is 1.68. The highest BCUT2D eigenvalue weighted by molar-refractivity contribution is 5.79. The summed E-state index contributed by atoms with van der Waals surface area (Å²) in [6.07, 6.45) is 5.46. The van der Waals surface area contributed by atoms with E-state index >= 15 is 0 Å². The Hall–Kier alpha value is -1.71. The number of guanidine groups is 1. The first kappa shape index (κ1) is 15.7. The predicted molar refractivity (Wildman–Crippen MR) is 87.8 cm³/mol. The highest BCUT2D eigenvalue weighted by Crippen LogP contribution is 2.33. The van der Waals surface area contributed by atoms with Gasteiger partial charge in [-0.25, -0.2) is 4.99 Å². The van der Waals surface area contributed by atoms with Crippen molar-refractivity contribution in [1.82, 2.24) is 10.6 Å². The van der Waals surface area contributed by atoms with Crippen molar-refractivity contribution < 1.29 is 4.74 Å². The van der Waals surface area contributed by atoms with Crippen molar-refractivity contribution in [3.63, 3.8) is 0 Å². The van der Waals surface area contributed by atoms with Gasteiger partial charge in [-0.1, -0.05) is 25.0 Å². The van der Waals surface area contributed by atoms with Crippen LogP contribution >= 0.6 is 0 Å². The zero-order chi connectivity index (χ0) is 14.9. The second-order valence-electron chi connectivity index (χ2n) is 5.56. The van der Waals surface area contributed by atoms with Crippen LogP contribution in [0.15, 0.2) is 29.3 Å². The van der Waals surface area contributed by atoms with E-state index in [1.165, 1.54) is 31.2 Å². The van der Waals surface area contributed by atoms with E-state index in [-0.39, 0.29) is 0 Å². The Kier molecular flexibility index (Phi) is 6.38. The molecule has 2 rings (SSSR count). The van der Waals surface area contributed by atoms with E-state index in [0.717, 1.165) is 30.7 Å². The maximum atomic E-state index is 5.16. The largest absolute Gasteiger partial charge is 0.497 e. The second kappa shape index (κ2) is 8.55. The van der Waals surface area contributed by atoms with Gasteiger partial charge in [-0.05, 0) is 43.4 Å². The maximum absolute atomic E-state index is 5.16. The zero-order valence-corrected chi connectivity index (χ0v) is 13.2. The van der Waals surface area contributed by atoms with Crippen molar-refractivity contribution in [2.45, 2.75) is 39.2 Å². The molecule has 4 nitrogen and oxygen atoms in total. The molecule has 0 aromatic heterocycles. The van der Waals surface area contributed by atoms with Gasteiger partial charge in [-0.2, -0.15) is 0 Å². The van der Waals surface area contributed by atoms with Gasteiger partial charge < -0.3 is 15.4 Å². The van der Waals surface area contributed by atoms with E-state index in [2.05, 4.69) is 34.7 Å². The van der Waals surface area contributed by atoms with Crippen molar-refractivity contribution >= 4 is 5.96 Å². The molecular weight excluding hydrogens is 262 g/mol. The molecule has 1 fully saturated rings. The zero-order valence-electron chi connectivity index (χ0n) is 13.2. The second-order valence-corrected chi connectivity index (χ2v) is 5.56. The van der Waals surface area contributed by atoms with Crippen LogP contribution in [0.4, 0.5) is 0 Å². The number of hydrogen-bond donors (Lipinski definition) is 2. The lowest BCUT2D eigenvalue weighted by Crippen LogP contribution is -2.37. The molecule has 0 saturated heterocycles. The lowest BCUT2D eigenvalue weighted by molar-refractivity contribution is 0.414. The first-order valence-electron chi connectivity index (χ1n) is 7.97. The van der Waals surface area contributed by atoms with Crippen molar-refractivity contribution in [1.29, 1.82) is 0 Å². The molecule has 0 unspecified atom stereocenters. The van der Waals surface area contributed by atoms with Gasteiger partial charge in [0.2, 0.25) is 0 Å². The first-order valence-corrected chi connectivity index (χ1v) is 7.97. The molecule has 1 saturated carbocycles. The summed E-state index contributed by atoms with van der Waals surface area (Å²) in [5.74, 6) is 2.79. The molecule has 21 heavy (non-hydrogen) atoms. The lowest BCUT2D eigenvalue weighted by Gasteiger charge is -2.11. The van der Waals surface area contributed by atoms with Crippen LogP contribution in [0.2, 0.25) is 0 Å². The first-order chi connectivity index (χ1) is 10.3. The Bertz CT molecular complexity index is 438. The molecule has 0 spiro atoms. The van der Waals surface area contributed by atoms with Crippen molar-refractivity contribution in [2.75, 3.05) is 20.2 Å². The fourth-order valence-corrected chi connectivity index (χ4v) is 2.25. The Balaban J connectivity index is 1.77. The molecule has 1 aliphatic rings. The molecule has 0 heterocycles. The van der Waals surface area contributed by atoms with Gasteiger partial charge in [0, 0.05) is 13.1 Å². The number of benzene rings is 1. The van der Waals surface area contributed by atoms with Crippen molar-refractivity contribution in [3.05, 3.63) is 29.8 Å². The third-order valence-electron chi connectivity index (χ3n) is 3.70. The minimum Gasteiger partial charge on any atom is -0.497 e. The number of aliphatic imine (C=N–C) groups is 1. The van der Waals surface area contributed by atoms with Gasteiger partial charge in [-0.15, -0.1) is 0 Å². The van der Waals surface area contributed by atoms with Crippen LogP contribution < -0.4 is 15.4 Å². The van der Waals surface area contributed by atoms with Gasteiger partial charge >= 0.3 is 0 Å². The molecule has 1 aromatic rings. The third-order valence-corrected chi connectivity index (χ3v) is 3.70. The van der Waals surface area contributed by atoms with Crippen LogP contribution in [0.1, 0.15) is 38.2 Å². The maximum Gasteiger partial charge on any atom is 0.191 e. The number of nitrogens with one attached hydrogen (secondary N) is 2. The normalized spacial score (nSPS) is 14.9. The Morgan fingerprint density at radius 1 is 1.24 bits per heavy atom. The summed E-state index contributed by atoms with van der Waals surface area (Å²) in [5.41, 5.74) is 1.19. The van der Waals surface area contributed by atoms with E-state index < -0.39 is 0 Å². The number of rotatable bonds is 8.